The lowest BCUT2D eigenvalue weighted by molar-refractivity contribution is -0.120. The minimum atomic E-state index is -0.133. The van der Waals surface area contributed by atoms with Crippen LogP contribution in [0.4, 0.5) is 17.2 Å². The number of rotatable bonds is 5. The van der Waals surface area contributed by atoms with E-state index in [0.29, 0.717) is 17.9 Å². The van der Waals surface area contributed by atoms with E-state index >= 15 is 0 Å². The molecule has 1 saturated heterocycles. The summed E-state index contributed by atoms with van der Waals surface area (Å²) in [7, 11) is 0. The lowest BCUT2D eigenvalue weighted by Gasteiger charge is -2.32. The Kier molecular flexibility index (Phi) is 5.83. The van der Waals surface area contributed by atoms with Gasteiger partial charge in [0.2, 0.25) is 11.8 Å². The van der Waals surface area contributed by atoms with Crippen LogP contribution in [0.5, 0.6) is 0 Å². The van der Waals surface area contributed by atoms with Gasteiger partial charge in [-0.25, -0.2) is 0 Å². The van der Waals surface area contributed by atoms with Crippen molar-refractivity contribution >= 4 is 34.7 Å². The molecular weight excluding hydrogens is 394 g/mol. The summed E-state index contributed by atoms with van der Waals surface area (Å²) in [6, 6.07) is 11.0. The van der Waals surface area contributed by atoms with Crippen molar-refractivity contribution in [2.75, 3.05) is 28.6 Å². The minimum Gasteiger partial charge on any atom is -0.354 e. The molecule has 0 aliphatic carbocycles. The van der Waals surface area contributed by atoms with Gasteiger partial charge in [0.1, 0.15) is 5.82 Å². The Morgan fingerprint density at radius 1 is 1.03 bits per heavy atom. The fraction of sp³-hybridized carbons (Fsp3) is 0.409. The molecule has 162 valence electrons. The number of hydrogen-bond donors (Lipinski definition) is 2. The van der Waals surface area contributed by atoms with Gasteiger partial charge in [-0.15, -0.1) is 15.3 Å². The lowest BCUT2D eigenvalue weighted by Crippen LogP contribution is -2.41. The van der Waals surface area contributed by atoms with E-state index in [1.54, 1.807) is 28.8 Å². The maximum atomic E-state index is 12.9. The van der Waals surface area contributed by atoms with Crippen LogP contribution in [-0.2, 0) is 9.59 Å². The zero-order valence-corrected chi connectivity index (χ0v) is 18.0. The van der Waals surface area contributed by atoms with Gasteiger partial charge in [0.15, 0.2) is 11.5 Å². The van der Waals surface area contributed by atoms with E-state index in [9.17, 15) is 9.59 Å². The van der Waals surface area contributed by atoms with E-state index in [4.69, 9.17) is 5.10 Å². The maximum absolute atomic E-state index is 12.9. The van der Waals surface area contributed by atoms with Crippen molar-refractivity contribution < 1.29 is 9.59 Å². The average molecular weight is 422 g/mol. The number of nitrogens with one attached hydrogen (secondary N) is 2. The number of anilines is 3. The fourth-order valence-corrected chi connectivity index (χ4v) is 3.81. The van der Waals surface area contributed by atoms with Gasteiger partial charge in [-0.1, -0.05) is 13.8 Å². The van der Waals surface area contributed by atoms with Crippen LogP contribution in [0.1, 0.15) is 45.4 Å². The molecule has 0 radical (unpaired) electrons. The summed E-state index contributed by atoms with van der Waals surface area (Å²) in [4.78, 5) is 26.2. The predicted octanol–water partition coefficient (Wildman–Crippen LogP) is 3.06. The first kappa shape index (κ1) is 20.8. The Morgan fingerprint density at radius 3 is 2.42 bits per heavy atom. The van der Waals surface area contributed by atoms with Gasteiger partial charge in [-0.05, 0) is 49.2 Å². The number of hydrogen-bond acceptors (Lipinski definition) is 6. The Morgan fingerprint density at radius 2 is 1.74 bits per heavy atom. The highest BCUT2D eigenvalue weighted by Crippen LogP contribution is 2.24. The van der Waals surface area contributed by atoms with Crippen LogP contribution >= 0.6 is 0 Å². The van der Waals surface area contributed by atoms with Gasteiger partial charge in [-0.2, -0.15) is 4.52 Å². The largest absolute Gasteiger partial charge is 0.354 e. The summed E-state index contributed by atoms with van der Waals surface area (Å²) in [6.07, 6.45) is 1.75. The van der Waals surface area contributed by atoms with Crippen LogP contribution in [0.3, 0.4) is 0 Å². The lowest BCUT2D eigenvalue weighted by atomic mass is 9.97. The molecule has 9 nitrogen and oxygen atoms in total. The van der Waals surface area contributed by atoms with Gasteiger partial charge >= 0.3 is 0 Å². The minimum absolute atomic E-state index is 0.00905. The molecule has 2 amide bonds. The molecule has 0 bridgehead atoms. The molecule has 9 heteroatoms. The van der Waals surface area contributed by atoms with Crippen LogP contribution in [0.2, 0.25) is 0 Å². The number of benzene rings is 1. The first-order chi connectivity index (χ1) is 14.9. The number of carbonyl (C=O) groups excluding carboxylic acids is 2. The molecule has 4 rings (SSSR count). The Balaban J connectivity index is 1.44. The van der Waals surface area contributed by atoms with E-state index in [0.717, 1.165) is 36.7 Å². The number of amides is 2. The van der Waals surface area contributed by atoms with Crippen molar-refractivity contribution in [3.8, 4) is 0 Å². The highest BCUT2D eigenvalue weighted by atomic mass is 16.2. The normalized spacial score (nSPS) is 16.5. The Labute approximate surface area is 180 Å². The van der Waals surface area contributed by atoms with Crippen LogP contribution in [0.25, 0.3) is 5.65 Å². The van der Waals surface area contributed by atoms with Crippen molar-refractivity contribution in [3.63, 3.8) is 0 Å². The second kappa shape index (κ2) is 8.71. The van der Waals surface area contributed by atoms with Gasteiger partial charge in [0.25, 0.3) is 0 Å². The van der Waals surface area contributed by atoms with E-state index in [-0.39, 0.29) is 23.7 Å². The number of carbonyl (C=O) groups is 2. The predicted molar refractivity (Wildman–Crippen MR) is 119 cm³/mol. The Hall–Kier alpha value is -3.49. The smallest absolute Gasteiger partial charge is 0.229 e. The van der Waals surface area contributed by atoms with Crippen LogP contribution < -0.4 is 15.5 Å². The summed E-state index contributed by atoms with van der Waals surface area (Å²) < 4.78 is 1.79. The van der Waals surface area contributed by atoms with E-state index in [1.165, 1.54) is 6.92 Å². The molecule has 1 aromatic carbocycles. The number of aromatic nitrogens is 4. The average Bonchev–Trinajstić information content (AvgIpc) is 3.18. The van der Waals surface area contributed by atoms with E-state index in [2.05, 4.69) is 39.6 Å². The summed E-state index contributed by atoms with van der Waals surface area (Å²) in [5, 5.41) is 18.9. The summed E-state index contributed by atoms with van der Waals surface area (Å²) in [5.41, 5.74) is 2.13. The van der Waals surface area contributed by atoms with Crippen molar-refractivity contribution in [2.24, 2.45) is 5.92 Å². The third-order valence-electron chi connectivity index (χ3n) is 5.38. The van der Waals surface area contributed by atoms with Crippen molar-refractivity contribution in [1.82, 2.24) is 19.8 Å². The molecule has 3 aromatic rings. The molecule has 3 heterocycles. The highest BCUT2D eigenvalue weighted by molar-refractivity contribution is 5.94. The van der Waals surface area contributed by atoms with Gasteiger partial charge in [0.05, 0.1) is 5.92 Å². The maximum Gasteiger partial charge on any atom is 0.229 e. The topological polar surface area (TPSA) is 105 Å². The van der Waals surface area contributed by atoms with Gasteiger partial charge in [0, 0.05) is 37.3 Å². The van der Waals surface area contributed by atoms with Crippen molar-refractivity contribution in [2.45, 2.75) is 39.5 Å². The monoisotopic (exact) mass is 421 g/mol. The molecule has 1 aliphatic heterocycles. The molecule has 1 atom stereocenters. The van der Waals surface area contributed by atoms with Crippen molar-refractivity contribution in [3.05, 3.63) is 42.2 Å². The molecule has 31 heavy (non-hydrogen) atoms. The number of piperidine rings is 1. The third-order valence-corrected chi connectivity index (χ3v) is 5.38. The van der Waals surface area contributed by atoms with E-state index in [1.807, 2.05) is 12.1 Å². The molecule has 2 N–H and O–H groups in total. The fourth-order valence-electron chi connectivity index (χ4n) is 3.81. The molecule has 1 aliphatic rings. The molecule has 1 fully saturated rings. The highest BCUT2D eigenvalue weighted by Gasteiger charge is 2.27. The molecule has 2 aromatic heterocycles. The molecular formula is C22H27N7O2. The standard InChI is InChI=1S/C22H27N7O2/c1-14(2)21-26-25-19-10-11-20(27-29(19)21)28-12-4-5-16(13-28)22(31)24-18-8-6-17(7-9-18)23-15(3)30/h6-11,14,16H,4-5,12-13H2,1-3H3,(H,23,30)(H,24,31)/t16-/m0/s1. The second-order valence-corrected chi connectivity index (χ2v) is 8.21. The second-order valence-electron chi connectivity index (χ2n) is 8.21. The van der Waals surface area contributed by atoms with Crippen LogP contribution in [-0.4, -0.2) is 44.7 Å². The van der Waals surface area contributed by atoms with Crippen molar-refractivity contribution in [1.29, 1.82) is 0 Å². The SMILES string of the molecule is CC(=O)Nc1ccc(NC(=O)[C@H]2CCCN(c3ccc4nnc(C(C)C)n4n3)C2)cc1. The molecule has 0 spiro atoms. The van der Waals surface area contributed by atoms with Gasteiger partial charge < -0.3 is 15.5 Å². The van der Waals surface area contributed by atoms with Gasteiger partial charge in [-0.3, -0.25) is 9.59 Å². The Bertz CT molecular complexity index is 1090. The first-order valence-corrected chi connectivity index (χ1v) is 10.6. The summed E-state index contributed by atoms with van der Waals surface area (Å²) in [5.74, 6) is 1.60. The number of fused-ring (bicyclic) bond motifs is 1. The third kappa shape index (κ3) is 4.65. The summed E-state index contributed by atoms with van der Waals surface area (Å²) in [6.45, 7) is 7.05. The zero-order valence-electron chi connectivity index (χ0n) is 18.0. The summed E-state index contributed by atoms with van der Waals surface area (Å²) >= 11 is 0. The molecule has 0 unspecified atom stereocenters. The van der Waals surface area contributed by atoms with Crippen LogP contribution in [0.15, 0.2) is 36.4 Å². The van der Waals surface area contributed by atoms with E-state index < -0.39 is 0 Å². The quantitative estimate of drug-likeness (QED) is 0.656. The zero-order chi connectivity index (χ0) is 22.0. The number of nitrogens with zero attached hydrogens (tertiary/aromatic N) is 5. The van der Waals surface area contributed by atoms with Crippen LogP contribution in [0, 0.1) is 5.92 Å². The molecule has 0 saturated carbocycles. The first-order valence-electron chi connectivity index (χ1n) is 10.6.